The van der Waals surface area contributed by atoms with E-state index in [1.54, 1.807) is 0 Å². The van der Waals surface area contributed by atoms with Gasteiger partial charge >= 0.3 is 0 Å². The molecule has 0 fully saturated rings. The lowest BCUT2D eigenvalue weighted by Gasteiger charge is -2.32. The van der Waals surface area contributed by atoms with Crippen LogP contribution in [0, 0.1) is 12.8 Å². The summed E-state index contributed by atoms with van der Waals surface area (Å²) in [6, 6.07) is 12.7. The summed E-state index contributed by atoms with van der Waals surface area (Å²) in [5.41, 5.74) is 1.90. The number of carbonyl (C=O) groups excluding carboxylic acids is 2. The second kappa shape index (κ2) is 12.3. The molecule has 2 rings (SSSR count). The number of benzene rings is 2. The van der Waals surface area contributed by atoms with Gasteiger partial charge in [-0.3, -0.25) is 9.59 Å². The van der Waals surface area contributed by atoms with Crippen molar-refractivity contribution >= 4 is 33.4 Å². The van der Waals surface area contributed by atoms with Crippen LogP contribution in [0.15, 0.2) is 53.4 Å². The first-order valence-electron chi connectivity index (χ1n) is 11.3. The average molecular weight is 508 g/mol. The average Bonchev–Trinajstić information content (AvgIpc) is 2.77. The summed E-state index contributed by atoms with van der Waals surface area (Å²) in [7, 11) is -2.56. The van der Waals surface area contributed by atoms with Crippen LogP contribution in [0.25, 0.3) is 0 Å². The second-order valence-corrected chi connectivity index (χ2v) is 11.3. The Balaban J connectivity index is 2.31. The number of rotatable bonds is 11. The zero-order valence-corrected chi connectivity index (χ0v) is 22.0. The Morgan fingerprint density at radius 3 is 2.29 bits per heavy atom. The minimum absolute atomic E-state index is 0.0409. The lowest BCUT2D eigenvalue weighted by atomic mass is 10.1. The predicted molar refractivity (Wildman–Crippen MR) is 135 cm³/mol. The van der Waals surface area contributed by atoms with E-state index in [9.17, 15) is 18.0 Å². The molecule has 0 unspecified atom stereocenters. The SMILES string of the molecule is CC[C@@H](C(=O)NCC(C)C)N(Cc1cccc(C)c1)C(=O)CN(C)S(=O)(=O)c1ccc(Cl)cc1. The smallest absolute Gasteiger partial charge is 0.243 e. The van der Waals surface area contributed by atoms with Crippen LogP contribution < -0.4 is 5.32 Å². The molecule has 0 saturated heterocycles. The maximum Gasteiger partial charge on any atom is 0.243 e. The molecular weight excluding hydrogens is 474 g/mol. The molecule has 0 aliphatic heterocycles. The molecule has 2 aromatic carbocycles. The van der Waals surface area contributed by atoms with Gasteiger partial charge in [0.1, 0.15) is 6.04 Å². The summed E-state index contributed by atoms with van der Waals surface area (Å²) in [5.74, 6) is -0.438. The summed E-state index contributed by atoms with van der Waals surface area (Å²) in [5, 5.41) is 3.32. The Morgan fingerprint density at radius 2 is 1.74 bits per heavy atom. The quantitative estimate of drug-likeness (QED) is 0.500. The van der Waals surface area contributed by atoms with Crippen LogP contribution >= 0.6 is 11.6 Å². The molecule has 2 amide bonds. The van der Waals surface area contributed by atoms with E-state index in [0.717, 1.165) is 15.4 Å². The van der Waals surface area contributed by atoms with Crippen molar-refractivity contribution in [3.8, 4) is 0 Å². The van der Waals surface area contributed by atoms with Crippen molar-refractivity contribution < 1.29 is 18.0 Å². The molecule has 9 heteroatoms. The van der Waals surface area contributed by atoms with Gasteiger partial charge in [0, 0.05) is 25.2 Å². The van der Waals surface area contributed by atoms with Crippen molar-refractivity contribution in [3.63, 3.8) is 0 Å². The molecular formula is C25H34ClN3O4S. The normalized spacial score (nSPS) is 12.6. The van der Waals surface area contributed by atoms with Gasteiger partial charge in [-0.2, -0.15) is 4.31 Å². The minimum atomic E-state index is -3.91. The molecule has 7 nitrogen and oxygen atoms in total. The molecule has 1 N–H and O–H groups in total. The fourth-order valence-electron chi connectivity index (χ4n) is 3.50. The number of hydrogen-bond donors (Lipinski definition) is 1. The van der Waals surface area contributed by atoms with E-state index in [1.165, 1.54) is 36.2 Å². The Hall–Kier alpha value is -2.42. The van der Waals surface area contributed by atoms with Gasteiger partial charge in [-0.1, -0.05) is 62.2 Å². The third-order valence-corrected chi connectivity index (χ3v) is 7.46. The molecule has 0 saturated carbocycles. The van der Waals surface area contributed by atoms with Crippen LogP contribution in [0.4, 0.5) is 0 Å². The van der Waals surface area contributed by atoms with E-state index in [2.05, 4.69) is 5.32 Å². The lowest BCUT2D eigenvalue weighted by molar-refractivity contribution is -0.141. The summed E-state index contributed by atoms with van der Waals surface area (Å²) >= 11 is 5.87. The van der Waals surface area contributed by atoms with Gasteiger partial charge < -0.3 is 10.2 Å². The van der Waals surface area contributed by atoms with E-state index in [1.807, 2.05) is 52.0 Å². The number of nitrogens with zero attached hydrogens (tertiary/aromatic N) is 2. The number of hydrogen-bond acceptors (Lipinski definition) is 4. The first-order chi connectivity index (χ1) is 15.9. The zero-order valence-electron chi connectivity index (χ0n) is 20.4. The monoisotopic (exact) mass is 507 g/mol. The maximum absolute atomic E-state index is 13.4. The molecule has 0 aliphatic rings. The number of sulfonamides is 1. The number of likely N-dealkylation sites (N-methyl/N-ethyl adjacent to an activating group) is 1. The van der Waals surface area contributed by atoms with Crippen LogP contribution in [0.3, 0.4) is 0 Å². The number of carbonyl (C=O) groups is 2. The van der Waals surface area contributed by atoms with Crippen molar-refractivity contribution in [3.05, 3.63) is 64.7 Å². The summed E-state index contributed by atoms with van der Waals surface area (Å²) < 4.78 is 27.0. The zero-order chi connectivity index (χ0) is 25.5. The first-order valence-corrected chi connectivity index (χ1v) is 13.1. The van der Waals surface area contributed by atoms with Gasteiger partial charge in [0.2, 0.25) is 21.8 Å². The fourth-order valence-corrected chi connectivity index (χ4v) is 4.75. The van der Waals surface area contributed by atoms with E-state index >= 15 is 0 Å². The maximum atomic E-state index is 13.4. The van der Waals surface area contributed by atoms with Crippen LogP contribution in [0.5, 0.6) is 0 Å². The van der Waals surface area contributed by atoms with Crippen LogP contribution in [-0.4, -0.2) is 55.6 Å². The Morgan fingerprint density at radius 1 is 1.09 bits per heavy atom. The number of halogens is 1. The molecule has 0 heterocycles. The van der Waals surface area contributed by atoms with Crippen molar-refractivity contribution in [1.29, 1.82) is 0 Å². The van der Waals surface area contributed by atoms with Crippen molar-refractivity contribution in [2.75, 3.05) is 20.1 Å². The van der Waals surface area contributed by atoms with Gasteiger partial charge in [0.15, 0.2) is 0 Å². The van der Waals surface area contributed by atoms with Gasteiger partial charge in [0.05, 0.1) is 11.4 Å². The molecule has 186 valence electrons. The predicted octanol–water partition coefficient (Wildman–Crippen LogP) is 3.85. The second-order valence-electron chi connectivity index (χ2n) is 8.79. The molecule has 0 aromatic heterocycles. The molecule has 2 aromatic rings. The van der Waals surface area contributed by atoms with Gasteiger partial charge in [0.25, 0.3) is 0 Å². The molecule has 0 radical (unpaired) electrons. The highest BCUT2D eigenvalue weighted by Crippen LogP contribution is 2.19. The molecule has 0 aliphatic carbocycles. The number of nitrogens with one attached hydrogen (secondary N) is 1. The fraction of sp³-hybridized carbons (Fsp3) is 0.440. The van der Waals surface area contributed by atoms with Gasteiger partial charge in [-0.15, -0.1) is 0 Å². The summed E-state index contributed by atoms with van der Waals surface area (Å²) in [6.07, 6.45) is 0.398. The van der Waals surface area contributed by atoms with Crippen LogP contribution in [-0.2, 0) is 26.2 Å². The van der Waals surface area contributed by atoms with Crippen LogP contribution in [0.1, 0.15) is 38.3 Å². The third kappa shape index (κ3) is 7.55. The van der Waals surface area contributed by atoms with Crippen molar-refractivity contribution in [2.24, 2.45) is 5.92 Å². The standard InChI is InChI=1S/C25H34ClN3O4S/c1-6-23(25(31)27-15-18(2)3)29(16-20-9-7-8-19(4)14-20)24(30)17-28(5)34(32,33)22-12-10-21(26)11-13-22/h7-14,18,23H,6,15-17H2,1-5H3,(H,27,31)/t23-/m0/s1. The van der Waals surface area contributed by atoms with E-state index in [4.69, 9.17) is 11.6 Å². The van der Waals surface area contributed by atoms with E-state index < -0.39 is 28.5 Å². The summed E-state index contributed by atoms with van der Waals surface area (Å²) in [6.45, 7) is 8.07. The minimum Gasteiger partial charge on any atom is -0.354 e. The van der Waals surface area contributed by atoms with Crippen molar-refractivity contribution in [1.82, 2.24) is 14.5 Å². The highest BCUT2D eigenvalue weighted by molar-refractivity contribution is 7.89. The largest absolute Gasteiger partial charge is 0.354 e. The third-order valence-electron chi connectivity index (χ3n) is 5.39. The Bertz CT molecular complexity index is 1090. The Labute approximate surface area is 208 Å². The molecule has 0 bridgehead atoms. The number of aryl methyl sites for hydroxylation is 1. The number of amides is 2. The van der Waals surface area contributed by atoms with Gasteiger partial charge in [-0.25, -0.2) is 8.42 Å². The summed E-state index contributed by atoms with van der Waals surface area (Å²) in [4.78, 5) is 27.9. The molecule has 1 atom stereocenters. The molecule has 34 heavy (non-hydrogen) atoms. The van der Waals surface area contributed by atoms with E-state index in [-0.39, 0.29) is 23.3 Å². The van der Waals surface area contributed by atoms with Crippen LogP contribution in [0.2, 0.25) is 5.02 Å². The molecule has 0 spiro atoms. The lowest BCUT2D eigenvalue weighted by Crippen LogP contribution is -2.52. The first kappa shape index (κ1) is 27.8. The Kier molecular flexibility index (Phi) is 10.1. The van der Waals surface area contributed by atoms with E-state index in [0.29, 0.717) is 18.0 Å². The highest BCUT2D eigenvalue weighted by Gasteiger charge is 2.31. The topological polar surface area (TPSA) is 86.8 Å². The van der Waals surface area contributed by atoms with Gasteiger partial charge in [-0.05, 0) is 49.1 Å². The van der Waals surface area contributed by atoms with Crippen molar-refractivity contribution in [2.45, 2.75) is 51.6 Å². The highest BCUT2D eigenvalue weighted by atomic mass is 35.5.